The van der Waals surface area contributed by atoms with E-state index in [1.165, 1.54) is 14.0 Å². The van der Waals surface area contributed by atoms with Gasteiger partial charge >= 0.3 is 18.1 Å². The Morgan fingerprint density at radius 3 is 2.15 bits per heavy atom. The molecule has 5 rings (SSSR count). The Labute approximate surface area is 316 Å². The Bertz CT molecular complexity index is 1600. The zero-order valence-electron chi connectivity index (χ0n) is 33.2. The highest BCUT2D eigenvalue weighted by molar-refractivity contribution is 6.73. The number of ketones is 1. The van der Waals surface area contributed by atoms with Crippen molar-refractivity contribution in [2.45, 2.75) is 141 Å². The molecule has 1 aliphatic heterocycles. The average molecular weight is 773 g/mol. The first-order chi connectivity index (χ1) is 24.8. The summed E-state index contributed by atoms with van der Waals surface area (Å²) < 4.78 is 45.3. The highest BCUT2D eigenvalue weighted by atomic mass is 28.4. The molecule has 1 aromatic carbocycles. The standard InChI is InChI=1S/C39H58NO11Si2/c1-12-53(13-2,14-3)50-27-20-28-38(22-46-28,49-35(44)45-9)31-33(48-34(43)25-18-16-15-17-19-25)39(51-52(10)11)21-26(40)23(4)29(36(39,6)7)30(47-24(5)41)32(42)37(27,31)8/h15-19,26-28,30-31,33H,12-14,20-22,40H2,1-11H3/t26-,27-,28+,30+,31-,33-,37+,38-,39+/m0/s1. The molecule has 2 saturated carbocycles. The number of esters is 2. The summed E-state index contributed by atoms with van der Waals surface area (Å²) >= 11 is 0. The van der Waals surface area contributed by atoms with E-state index in [-0.39, 0.29) is 19.4 Å². The van der Waals surface area contributed by atoms with E-state index in [4.69, 9.17) is 38.3 Å². The average Bonchev–Trinajstić information content (AvgIpc) is 3.11. The summed E-state index contributed by atoms with van der Waals surface area (Å²) in [6, 6.07) is 10.3. The molecule has 3 aliphatic carbocycles. The molecule has 0 aromatic heterocycles. The molecule has 1 heterocycles. The fourth-order valence-electron chi connectivity index (χ4n) is 9.92. The fourth-order valence-corrected chi connectivity index (χ4v) is 14.0. The number of carbonyl (C=O) groups is 4. The van der Waals surface area contributed by atoms with Crippen LogP contribution in [-0.4, -0.2) is 96.6 Å². The summed E-state index contributed by atoms with van der Waals surface area (Å²) in [6.07, 6.45) is -4.78. The van der Waals surface area contributed by atoms with Crippen LogP contribution in [-0.2, 0) is 42.1 Å². The number of Topliss-reactive ketones (excluding diaryl/α,β-unsaturated/α-hetero) is 1. The summed E-state index contributed by atoms with van der Waals surface area (Å²) in [5.74, 6) is -2.87. The molecule has 0 unspecified atom stereocenters. The number of nitrogens with two attached hydrogens (primary N) is 1. The number of hydrogen-bond acceptors (Lipinski definition) is 12. The summed E-state index contributed by atoms with van der Waals surface area (Å²) in [4.78, 5) is 56.9. The zero-order valence-corrected chi connectivity index (χ0v) is 35.2. The van der Waals surface area contributed by atoms with Crippen molar-refractivity contribution < 1.29 is 51.7 Å². The van der Waals surface area contributed by atoms with Gasteiger partial charge in [-0.15, -0.1) is 0 Å². The molecule has 53 heavy (non-hydrogen) atoms. The van der Waals surface area contributed by atoms with Gasteiger partial charge in [0.1, 0.15) is 17.8 Å². The molecule has 1 radical (unpaired) electrons. The number of fused-ring (bicyclic) bond motifs is 5. The monoisotopic (exact) mass is 772 g/mol. The lowest BCUT2D eigenvalue weighted by molar-refractivity contribution is -0.340. The van der Waals surface area contributed by atoms with Crippen LogP contribution < -0.4 is 5.73 Å². The molecular formula is C39H58NO11Si2. The van der Waals surface area contributed by atoms with Crippen LogP contribution in [0.1, 0.15) is 78.6 Å². The van der Waals surface area contributed by atoms with Crippen LogP contribution >= 0.6 is 0 Å². The van der Waals surface area contributed by atoms with E-state index in [2.05, 4.69) is 20.8 Å². The maximum atomic E-state index is 16.0. The lowest BCUT2D eigenvalue weighted by Crippen LogP contribution is -2.83. The molecule has 14 heteroatoms. The number of carbonyl (C=O) groups excluding carboxylic acids is 4. The molecule has 0 amide bonds. The van der Waals surface area contributed by atoms with E-state index in [0.717, 1.165) is 18.1 Å². The molecule has 4 aliphatic rings. The smallest absolute Gasteiger partial charge is 0.455 e. The third kappa shape index (κ3) is 6.54. The molecule has 2 N–H and O–H groups in total. The maximum Gasteiger partial charge on any atom is 0.508 e. The van der Waals surface area contributed by atoms with Crippen LogP contribution in [0, 0.1) is 16.7 Å². The van der Waals surface area contributed by atoms with Crippen LogP contribution in [0.2, 0.25) is 31.2 Å². The van der Waals surface area contributed by atoms with Crippen molar-refractivity contribution in [3.63, 3.8) is 0 Å². The zero-order chi connectivity index (χ0) is 39.3. The first-order valence-corrected chi connectivity index (χ1v) is 23.8. The summed E-state index contributed by atoms with van der Waals surface area (Å²) in [5, 5.41) is 0. The van der Waals surface area contributed by atoms with Crippen molar-refractivity contribution >= 4 is 41.2 Å². The van der Waals surface area contributed by atoms with Gasteiger partial charge in [-0.2, -0.15) is 0 Å². The largest absolute Gasteiger partial charge is 0.508 e. The molecule has 1 saturated heterocycles. The number of hydrogen-bond donors (Lipinski definition) is 1. The van der Waals surface area contributed by atoms with E-state index in [0.29, 0.717) is 16.7 Å². The van der Waals surface area contributed by atoms with Crippen LogP contribution in [0.25, 0.3) is 0 Å². The lowest BCUT2D eigenvalue weighted by atomic mass is 9.44. The van der Waals surface area contributed by atoms with Crippen molar-refractivity contribution in [3.05, 3.63) is 47.0 Å². The van der Waals surface area contributed by atoms with Gasteiger partial charge < -0.3 is 38.3 Å². The summed E-state index contributed by atoms with van der Waals surface area (Å²) in [6.45, 7) is 19.0. The minimum absolute atomic E-state index is 0.108. The van der Waals surface area contributed by atoms with Crippen molar-refractivity contribution in [1.82, 2.24) is 0 Å². The predicted octanol–water partition coefficient (Wildman–Crippen LogP) is 6.14. The molecule has 2 bridgehead atoms. The van der Waals surface area contributed by atoms with E-state index in [9.17, 15) is 14.4 Å². The van der Waals surface area contributed by atoms with Gasteiger partial charge in [0, 0.05) is 24.8 Å². The molecule has 293 valence electrons. The van der Waals surface area contributed by atoms with E-state index in [1.807, 2.05) is 33.9 Å². The Hall–Kier alpha value is -2.89. The second kappa shape index (κ2) is 15.0. The Morgan fingerprint density at radius 2 is 1.64 bits per heavy atom. The maximum absolute atomic E-state index is 16.0. The van der Waals surface area contributed by atoms with Gasteiger partial charge in [0.15, 0.2) is 25.8 Å². The van der Waals surface area contributed by atoms with Gasteiger partial charge in [-0.25, -0.2) is 9.59 Å². The van der Waals surface area contributed by atoms with Crippen molar-refractivity contribution in [3.8, 4) is 0 Å². The van der Waals surface area contributed by atoms with Gasteiger partial charge in [0.05, 0.1) is 36.7 Å². The van der Waals surface area contributed by atoms with Crippen molar-refractivity contribution in [1.29, 1.82) is 0 Å². The quantitative estimate of drug-likeness (QED) is 0.119. The molecule has 0 spiro atoms. The number of benzene rings is 1. The second-order valence-electron chi connectivity index (χ2n) is 16.1. The van der Waals surface area contributed by atoms with E-state index in [1.54, 1.807) is 37.3 Å². The first-order valence-electron chi connectivity index (χ1n) is 18.8. The van der Waals surface area contributed by atoms with Gasteiger partial charge in [-0.05, 0) is 69.2 Å². The normalized spacial score (nSPS) is 34.8. The van der Waals surface area contributed by atoms with Gasteiger partial charge in [0.2, 0.25) is 9.04 Å². The van der Waals surface area contributed by atoms with Gasteiger partial charge in [0.25, 0.3) is 0 Å². The Morgan fingerprint density at radius 1 is 1.02 bits per heavy atom. The predicted molar refractivity (Wildman–Crippen MR) is 201 cm³/mol. The minimum Gasteiger partial charge on any atom is -0.455 e. The molecule has 9 atom stereocenters. The lowest BCUT2D eigenvalue weighted by Gasteiger charge is -2.69. The topological polar surface area (TPSA) is 159 Å². The fraction of sp³-hybridized carbons (Fsp3) is 0.692. The van der Waals surface area contributed by atoms with Gasteiger partial charge in [-0.3, -0.25) is 9.59 Å². The number of rotatable bonds is 11. The van der Waals surface area contributed by atoms with Crippen molar-refractivity contribution in [2.75, 3.05) is 13.7 Å². The second-order valence-corrected chi connectivity index (χ2v) is 22.9. The van der Waals surface area contributed by atoms with Crippen molar-refractivity contribution in [2.24, 2.45) is 22.5 Å². The first kappa shape index (κ1) is 41.3. The summed E-state index contributed by atoms with van der Waals surface area (Å²) in [7, 11) is -2.90. The molecule has 12 nitrogen and oxygen atoms in total. The third-order valence-corrected chi connectivity index (χ3v) is 18.5. The number of ether oxygens (including phenoxy) is 5. The van der Waals surface area contributed by atoms with Crippen LogP contribution in [0.15, 0.2) is 41.5 Å². The van der Waals surface area contributed by atoms with Crippen LogP contribution in [0.3, 0.4) is 0 Å². The molecule has 3 fully saturated rings. The minimum atomic E-state index is -2.48. The van der Waals surface area contributed by atoms with E-state index < -0.39 is 99.6 Å². The summed E-state index contributed by atoms with van der Waals surface area (Å²) in [5.41, 5.74) is 2.85. The number of methoxy groups -OCH3 is 1. The van der Waals surface area contributed by atoms with E-state index >= 15 is 4.79 Å². The molecular weight excluding hydrogens is 715 g/mol. The highest BCUT2D eigenvalue weighted by Gasteiger charge is 2.79. The molecule has 1 aromatic rings. The highest BCUT2D eigenvalue weighted by Crippen LogP contribution is 2.66. The van der Waals surface area contributed by atoms with Crippen LogP contribution in [0.5, 0.6) is 0 Å². The van der Waals surface area contributed by atoms with Gasteiger partial charge in [-0.1, -0.05) is 58.4 Å². The SMILES string of the molecule is CC[Si](CC)(CC)O[C@H]1C[C@H]2OC[C@@]2(OC(=O)OC)[C@H]2[C@H](OC(=O)c3ccccc3)[C@]3(O[Si](C)C)C[C@H](N)C(C)=C([C@@H](OC(C)=O)C(=O)[C@]12C)C3(C)C. The van der Waals surface area contributed by atoms with Crippen LogP contribution in [0.4, 0.5) is 4.79 Å². The Kier molecular flexibility index (Phi) is 11.7. The Balaban J connectivity index is 1.95. The third-order valence-electron chi connectivity index (χ3n) is 13.0.